The Bertz CT molecular complexity index is 734. The summed E-state index contributed by atoms with van der Waals surface area (Å²) in [5, 5.41) is 1.07. The van der Waals surface area contributed by atoms with Crippen molar-refractivity contribution in [3.05, 3.63) is 43.1 Å². The molecule has 1 saturated heterocycles. The van der Waals surface area contributed by atoms with Crippen LogP contribution >= 0.6 is 0 Å². The summed E-state index contributed by atoms with van der Waals surface area (Å²) in [7, 11) is 0. The zero-order valence-electron chi connectivity index (χ0n) is 11.5. The summed E-state index contributed by atoms with van der Waals surface area (Å²) in [6, 6.07) is 5.71. The van der Waals surface area contributed by atoms with Gasteiger partial charge in [-0.25, -0.2) is 15.0 Å². The third kappa shape index (κ3) is 2.18. The fraction of sp³-hybridized carbons (Fsp3) is 0.267. The van der Waals surface area contributed by atoms with Gasteiger partial charge in [0.25, 0.3) is 0 Å². The van der Waals surface area contributed by atoms with Crippen LogP contribution < -0.4 is 9.80 Å². The van der Waals surface area contributed by atoms with Gasteiger partial charge in [0.05, 0.1) is 11.6 Å². The van der Waals surface area contributed by atoms with Crippen molar-refractivity contribution >= 4 is 22.7 Å². The summed E-state index contributed by atoms with van der Waals surface area (Å²) in [5.41, 5.74) is 0.883. The number of hydrogen-bond donors (Lipinski definition) is 0. The number of rotatable bonds is 2. The highest BCUT2D eigenvalue weighted by Crippen LogP contribution is 2.26. The lowest BCUT2D eigenvalue weighted by molar-refractivity contribution is 0.614. The van der Waals surface area contributed by atoms with E-state index >= 15 is 0 Å². The van der Waals surface area contributed by atoms with Gasteiger partial charge >= 0.3 is 0 Å². The van der Waals surface area contributed by atoms with Gasteiger partial charge in [-0.05, 0) is 18.2 Å². The Balaban J connectivity index is 1.54. The van der Waals surface area contributed by atoms with Crippen LogP contribution in [0.15, 0.2) is 47.5 Å². The minimum atomic E-state index is 0.798. The molecular formula is C15H15N5O. The Hall–Kier alpha value is -2.63. The van der Waals surface area contributed by atoms with Crippen molar-refractivity contribution < 1.29 is 4.42 Å². The van der Waals surface area contributed by atoms with E-state index in [0.717, 1.165) is 48.9 Å². The molecule has 0 N–H and O–H groups in total. The molecule has 6 nitrogen and oxygen atoms in total. The fourth-order valence-corrected chi connectivity index (χ4v) is 2.70. The second-order valence-electron chi connectivity index (χ2n) is 4.99. The van der Waals surface area contributed by atoms with Crippen LogP contribution in [-0.4, -0.2) is 41.1 Å². The van der Waals surface area contributed by atoms with Crippen molar-refractivity contribution in [3.8, 4) is 0 Å². The molecule has 0 radical (unpaired) electrons. The summed E-state index contributed by atoms with van der Waals surface area (Å²) < 4.78 is 5.44. The van der Waals surface area contributed by atoms with E-state index in [1.807, 2.05) is 18.2 Å². The molecule has 0 atom stereocenters. The van der Waals surface area contributed by atoms with Crippen LogP contribution in [0.25, 0.3) is 11.0 Å². The average Bonchev–Trinajstić information content (AvgIpc) is 3.04. The summed E-state index contributed by atoms with van der Waals surface area (Å²) in [5.74, 6) is 1.79. The molecule has 0 bridgehead atoms. The molecule has 3 aromatic heterocycles. The molecule has 1 fully saturated rings. The van der Waals surface area contributed by atoms with Gasteiger partial charge in [-0.3, -0.25) is 0 Å². The first kappa shape index (κ1) is 12.1. The van der Waals surface area contributed by atoms with Gasteiger partial charge in [0.2, 0.25) is 5.95 Å². The van der Waals surface area contributed by atoms with Gasteiger partial charge in [-0.15, -0.1) is 0 Å². The molecule has 0 amide bonds. The minimum absolute atomic E-state index is 0.798. The first-order valence-corrected chi connectivity index (χ1v) is 7.01. The smallest absolute Gasteiger partial charge is 0.225 e. The Morgan fingerprint density at radius 2 is 1.62 bits per heavy atom. The molecule has 21 heavy (non-hydrogen) atoms. The highest BCUT2D eigenvalue weighted by molar-refractivity contribution is 5.88. The Morgan fingerprint density at radius 3 is 2.43 bits per heavy atom. The quantitative estimate of drug-likeness (QED) is 0.715. The average molecular weight is 281 g/mol. The van der Waals surface area contributed by atoms with Crippen LogP contribution in [0, 0.1) is 0 Å². The van der Waals surface area contributed by atoms with E-state index in [1.54, 1.807) is 24.9 Å². The highest BCUT2D eigenvalue weighted by atomic mass is 16.3. The first-order valence-electron chi connectivity index (χ1n) is 7.01. The summed E-state index contributed by atoms with van der Waals surface area (Å²) in [6.45, 7) is 3.57. The fourth-order valence-electron chi connectivity index (χ4n) is 2.70. The van der Waals surface area contributed by atoms with Crippen LogP contribution in [0.3, 0.4) is 0 Å². The number of piperazine rings is 1. The Labute approximate surface area is 122 Å². The van der Waals surface area contributed by atoms with E-state index in [9.17, 15) is 0 Å². The molecule has 6 heteroatoms. The standard InChI is InChI=1S/C15H15N5O/c1-4-17-15(18-5-1)20-9-7-19(8-10-20)14-12-3-11-21-13(12)2-6-16-14/h1-6,11H,7-10H2. The number of furan rings is 1. The Kier molecular flexibility index (Phi) is 2.92. The lowest BCUT2D eigenvalue weighted by atomic mass is 10.2. The molecular weight excluding hydrogens is 266 g/mol. The topological polar surface area (TPSA) is 58.3 Å². The van der Waals surface area contributed by atoms with E-state index in [0.29, 0.717) is 0 Å². The van der Waals surface area contributed by atoms with Gasteiger partial charge in [0, 0.05) is 44.8 Å². The molecule has 0 saturated carbocycles. The molecule has 4 rings (SSSR count). The van der Waals surface area contributed by atoms with E-state index in [-0.39, 0.29) is 0 Å². The van der Waals surface area contributed by atoms with Crippen molar-refractivity contribution in [1.82, 2.24) is 15.0 Å². The van der Waals surface area contributed by atoms with Gasteiger partial charge in [0.15, 0.2) is 0 Å². The van der Waals surface area contributed by atoms with Crippen LogP contribution in [0.2, 0.25) is 0 Å². The van der Waals surface area contributed by atoms with E-state index in [4.69, 9.17) is 4.42 Å². The SMILES string of the molecule is c1cnc(N2CCN(c3nccc4occc34)CC2)nc1. The third-order valence-corrected chi connectivity index (χ3v) is 3.77. The number of hydrogen-bond acceptors (Lipinski definition) is 6. The Morgan fingerprint density at radius 1 is 0.857 bits per heavy atom. The zero-order valence-corrected chi connectivity index (χ0v) is 11.5. The van der Waals surface area contributed by atoms with Crippen LogP contribution in [0.1, 0.15) is 0 Å². The molecule has 4 heterocycles. The molecule has 3 aromatic rings. The predicted molar refractivity (Wildman–Crippen MR) is 80.5 cm³/mol. The molecule has 0 spiro atoms. The largest absolute Gasteiger partial charge is 0.464 e. The number of nitrogens with zero attached hydrogens (tertiary/aromatic N) is 5. The summed E-state index contributed by atoms with van der Waals surface area (Å²) in [6.07, 6.45) is 7.07. The lowest BCUT2D eigenvalue weighted by Crippen LogP contribution is -2.47. The molecule has 0 aromatic carbocycles. The number of pyridine rings is 1. The van der Waals surface area contributed by atoms with Crippen molar-refractivity contribution in [1.29, 1.82) is 0 Å². The van der Waals surface area contributed by atoms with Gasteiger partial charge in [0.1, 0.15) is 11.4 Å². The van der Waals surface area contributed by atoms with Crippen LogP contribution in [0.4, 0.5) is 11.8 Å². The minimum Gasteiger partial charge on any atom is -0.464 e. The van der Waals surface area contributed by atoms with E-state index in [2.05, 4.69) is 24.8 Å². The maximum Gasteiger partial charge on any atom is 0.225 e. The van der Waals surface area contributed by atoms with Crippen LogP contribution in [0.5, 0.6) is 0 Å². The van der Waals surface area contributed by atoms with Crippen molar-refractivity contribution in [2.45, 2.75) is 0 Å². The van der Waals surface area contributed by atoms with Crippen molar-refractivity contribution in [3.63, 3.8) is 0 Å². The van der Waals surface area contributed by atoms with E-state index < -0.39 is 0 Å². The zero-order chi connectivity index (χ0) is 14.1. The molecule has 1 aliphatic heterocycles. The highest BCUT2D eigenvalue weighted by Gasteiger charge is 2.21. The number of fused-ring (bicyclic) bond motifs is 1. The van der Waals surface area contributed by atoms with Crippen molar-refractivity contribution in [2.75, 3.05) is 36.0 Å². The molecule has 106 valence electrons. The normalized spacial score (nSPS) is 15.6. The molecule has 1 aliphatic rings. The monoisotopic (exact) mass is 281 g/mol. The van der Waals surface area contributed by atoms with Crippen LogP contribution in [-0.2, 0) is 0 Å². The van der Waals surface area contributed by atoms with E-state index in [1.165, 1.54) is 0 Å². The second-order valence-corrected chi connectivity index (χ2v) is 4.99. The number of anilines is 2. The lowest BCUT2D eigenvalue weighted by Gasteiger charge is -2.35. The molecule has 0 aliphatic carbocycles. The van der Waals surface area contributed by atoms with Gasteiger partial charge in [-0.2, -0.15) is 0 Å². The predicted octanol–water partition coefficient (Wildman–Crippen LogP) is 1.94. The van der Waals surface area contributed by atoms with Crippen molar-refractivity contribution in [2.24, 2.45) is 0 Å². The summed E-state index contributed by atoms with van der Waals surface area (Å²) in [4.78, 5) is 17.6. The molecule has 0 unspecified atom stereocenters. The van der Waals surface area contributed by atoms with Gasteiger partial charge < -0.3 is 14.2 Å². The third-order valence-electron chi connectivity index (χ3n) is 3.77. The first-order chi connectivity index (χ1) is 10.4. The maximum absolute atomic E-state index is 5.44. The maximum atomic E-state index is 5.44. The second kappa shape index (κ2) is 5.05. The van der Waals surface area contributed by atoms with Gasteiger partial charge in [-0.1, -0.05) is 0 Å². The number of aromatic nitrogens is 3. The summed E-state index contributed by atoms with van der Waals surface area (Å²) >= 11 is 0.